The van der Waals surface area contributed by atoms with Gasteiger partial charge in [-0.2, -0.15) is 4.31 Å². The van der Waals surface area contributed by atoms with Crippen LogP contribution in [0.5, 0.6) is 11.5 Å². The van der Waals surface area contributed by atoms with Crippen molar-refractivity contribution in [3.63, 3.8) is 0 Å². The maximum atomic E-state index is 13.1. The summed E-state index contributed by atoms with van der Waals surface area (Å²) >= 11 is 0. The van der Waals surface area contributed by atoms with Crippen molar-refractivity contribution in [1.82, 2.24) is 4.31 Å². The molecule has 1 aliphatic rings. The van der Waals surface area contributed by atoms with Crippen molar-refractivity contribution in [2.24, 2.45) is 0 Å². The summed E-state index contributed by atoms with van der Waals surface area (Å²) in [6.45, 7) is 3.20. The molecule has 1 heterocycles. The zero-order valence-corrected chi connectivity index (χ0v) is 17.7. The second-order valence-corrected chi connectivity index (χ2v) is 8.87. The Hall–Kier alpha value is -2.58. The van der Waals surface area contributed by atoms with Gasteiger partial charge in [0.15, 0.2) is 0 Å². The number of ether oxygens (including phenoxy) is 2. The molecular formula is C21H26N2O5S. The van der Waals surface area contributed by atoms with Gasteiger partial charge in [-0.3, -0.25) is 4.79 Å². The number of rotatable bonds is 8. The first-order valence-electron chi connectivity index (χ1n) is 9.53. The van der Waals surface area contributed by atoms with E-state index in [1.54, 1.807) is 11.0 Å². The Balaban J connectivity index is 1.88. The van der Waals surface area contributed by atoms with Crippen LogP contribution in [0.1, 0.15) is 25.3 Å². The van der Waals surface area contributed by atoms with Crippen molar-refractivity contribution in [3.8, 4) is 11.5 Å². The van der Waals surface area contributed by atoms with Crippen LogP contribution in [-0.2, 0) is 21.4 Å². The van der Waals surface area contributed by atoms with E-state index in [0.29, 0.717) is 36.8 Å². The molecule has 0 unspecified atom stereocenters. The molecule has 0 aromatic heterocycles. The molecule has 0 bridgehead atoms. The van der Waals surface area contributed by atoms with Crippen molar-refractivity contribution < 1.29 is 22.7 Å². The molecule has 8 heteroatoms. The number of benzene rings is 2. The number of anilines is 1. The molecule has 1 saturated heterocycles. The molecule has 2 aromatic carbocycles. The number of amides is 1. The molecule has 0 N–H and O–H groups in total. The lowest BCUT2D eigenvalue weighted by Gasteiger charge is -2.22. The maximum Gasteiger partial charge on any atom is 0.243 e. The van der Waals surface area contributed by atoms with Crippen LogP contribution in [0.4, 0.5) is 5.69 Å². The Morgan fingerprint density at radius 3 is 2.62 bits per heavy atom. The Morgan fingerprint density at radius 2 is 1.97 bits per heavy atom. The summed E-state index contributed by atoms with van der Waals surface area (Å²) in [5, 5.41) is 0. The second-order valence-electron chi connectivity index (χ2n) is 6.82. The topological polar surface area (TPSA) is 76.2 Å². The first kappa shape index (κ1) is 21.1. The highest BCUT2D eigenvalue weighted by molar-refractivity contribution is 7.89. The van der Waals surface area contributed by atoms with Gasteiger partial charge in [-0.1, -0.05) is 12.1 Å². The van der Waals surface area contributed by atoms with Crippen LogP contribution in [0, 0.1) is 0 Å². The Bertz CT molecular complexity index is 990. The van der Waals surface area contributed by atoms with Gasteiger partial charge in [0.25, 0.3) is 0 Å². The van der Waals surface area contributed by atoms with Gasteiger partial charge >= 0.3 is 0 Å². The van der Waals surface area contributed by atoms with E-state index in [1.165, 1.54) is 30.6 Å². The smallest absolute Gasteiger partial charge is 0.243 e. The third kappa shape index (κ3) is 4.54. The summed E-state index contributed by atoms with van der Waals surface area (Å²) < 4.78 is 38.4. The monoisotopic (exact) mass is 418 g/mol. The molecule has 1 fully saturated rings. The van der Waals surface area contributed by atoms with Crippen molar-refractivity contribution >= 4 is 21.6 Å². The van der Waals surface area contributed by atoms with E-state index in [1.807, 2.05) is 31.2 Å². The molecule has 3 rings (SSSR count). The summed E-state index contributed by atoms with van der Waals surface area (Å²) in [4.78, 5) is 13.9. The highest BCUT2D eigenvalue weighted by atomic mass is 32.2. The van der Waals surface area contributed by atoms with Gasteiger partial charge in [-0.05, 0) is 49.2 Å². The molecule has 29 heavy (non-hydrogen) atoms. The molecule has 0 radical (unpaired) electrons. The average molecular weight is 419 g/mol. The lowest BCUT2D eigenvalue weighted by molar-refractivity contribution is -0.117. The van der Waals surface area contributed by atoms with E-state index in [-0.39, 0.29) is 17.3 Å². The number of methoxy groups -OCH3 is 1. The Labute approximate surface area is 171 Å². The van der Waals surface area contributed by atoms with E-state index in [4.69, 9.17) is 9.47 Å². The lowest BCUT2D eigenvalue weighted by Crippen LogP contribution is -2.28. The van der Waals surface area contributed by atoms with Crippen molar-refractivity contribution in [2.45, 2.75) is 31.2 Å². The summed E-state index contributed by atoms with van der Waals surface area (Å²) in [5.41, 5.74) is 1.31. The fourth-order valence-electron chi connectivity index (χ4n) is 3.37. The molecule has 1 aliphatic heterocycles. The third-order valence-electron chi connectivity index (χ3n) is 4.84. The SMILES string of the molecule is CCOc1cccc(CN(C)S(=O)(=O)c2ccc(OC)c(N3CCCC3=O)c2)c1. The molecule has 0 aliphatic carbocycles. The van der Waals surface area contributed by atoms with Gasteiger partial charge in [0.05, 0.1) is 24.3 Å². The minimum atomic E-state index is -3.76. The van der Waals surface area contributed by atoms with E-state index in [9.17, 15) is 13.2 Å². The summed E-state index contributed by atoms with van der Waals surface area (Å²) in [5.74, 6) is 1.15. The quantitative estimate of drug-likeness (QED) is 0.659. The van der Waals surface area contributed by atoms with E-state index >= 15 is 0 Å². The molecule has 2 aromatic rings. The van der Waals surface area contributed by atoms with Gasteiger partial charge in [0.2, 0.25) is 15.9 Å². The number of nitrogens with zero attached hydrogens (tertiary/aromatic N) is 2. The van der Waals surface area contributed by atoms with E-state index in [0.717, 1.165) is 12.0 Å². The summed E-state index contributed by atoms with van der Waals surface area (Å²) in [7, 11) is -0.718. The Kier molecular flexibility index (Phi) is 6.44. The normalized spacial score (nSPS) is 14.5. The van der Waals surface area contributed by atoms with Crippen LogP contribution in [-0.4, -0.2) is 45.9 Å². The number of hydrogen-bond donors (Lipinski definition) is 0. The predicted octanol–water partition coefficient (Wildman–Crippen LogP) is 3.04. The first-order valence-corrected chi connectivity index (χ1v) is 11.0. The Morgan fingerprint density at radius 1 is 1.17 bits per heavy atom. The molecule has 0 spiro atoms. The van der Waals surface area contributed by atoms with E-state index in [2.05, 4.69) is 0 Å². The number of carbonyl (C=O) groups excluding carboxylic acids is 1. The minimum Gasteiger partial charge on any atom is -0.495 e. The van der Waals surface area contributed by atoms with Crippen molar-refractivity contribution in [3.05, 3.63) is 48.0 Å². The molecule has 0 atom stereocenters. The van der Waals surface area contributed by atoms with Crippen LogP contribution in [0.3, 0.4) is 0 Å². The highest BCUT2D eigenvalue weighted by Gasteiger charge is 2.28. The first-order chi connectivity index (χ1) is 13.9. The second kappa shape index (κ2) is 8.84. The molecule has 0 saturated carbocycles. The largest absolute Gasteiger partial charge is 0.495 e. The van der Waals surface area contributed by atoms with Crippen LogP contribution < -0.4 is 14.4 Å². The predicted molar refractivity (Wildman–Crippen MR) is 111 cm³/mol. The zero-order chi connectivity index (χ0) is 21.0. The van der Waals surface area contributed by atoms with Crippen LogP contribution in [0.15, 0.2) is 47.4 Å². The maximum absolute atomic E-state index is 13.1. The van der Waals surface area contributed by atoms with Gasteiger partial charge in [0.1, 0.15) is 11.5 Å². The molecular weight excluding hydrogens is 392 g/mol. The lowest BCUT2D eigenvalue weighted by atomic mass is 10.2. The number of sulfonamides is 1. The molecule has 7 nitrogen and oxygen atoms in total. The summed E-state index contributed by atoms with van der Waals surface area (Å²) in [6.07, 6.45) is 1.20. The van der Waals surface area contributed by atoms with Crippen molar-refractivity contribution in [1.29, 1.82) is 0 Å². The minimum absolute atomic E-state index is 0.0288. The third-order valence-corrected chi connectivity index (χ3v) is 6.64. The van der Waals surface area contributed by atoms with E-state index < -0.39 is 10.0 Å². The van der Waals surface area contributed by atoms with Crippen LogP contribution in [0.25, 0.3) is 0 Å². The van der Waals surface area contributed by atoms with Gasteiger partial charge in [-0.25, -0.2) is 8.42 Å². The van der Waals surface area contributed by atoms with Crippen LogP contribution >= 0.6 is 0 Å². The average Bonchev–Trinajstić information content (AvgIpc) is 3.13. The number of carbonyl (C=O) groups is 1. The fraction of sp³-hybridized carbons (Fsp3) is 0.381. The van der Waals surface area contributed by atoms with Gasteiger partial charge in [-0.15, -0.1) is 0 Å². The standard InChI is InChI=1S/C21H26N2O5S/c1-4-28-17-8-5-7-16(13-17)15-22(2)29(25,26)18-10-11-20(27-3)19(14-18)23-12-6-9-21(23)24/h5,7-8,10-11,13-14H,4,6,9,12,15H2,1-3H3. The highest BCUT2D eigenvalue weighted by Crippen LogP contribution is 2.34. The summed E-state index contributed by atoms with van der Waals surface area (Å²) in [6, 6.07) is 12.0. The van der Waals surface area contributed by atoms with Gasteiger partial charge < -0.3 is 14.4 Å². The van der Waals surface area contributed by atoms with Crippen molar-refractivity contribution in [2.75, 3.05) is 32.2 Å². The molecule has 1 amide bonds. The fourth-order valence-corrected chi connectivity index (χ4v) is 4.55. The molecule has 156 valence electrons. The van der Waals surface area contributed by atoms with Gasteiger partial charge in [0, 0.05) is 26.6 Å². The number of hydrogen-bond acceptors (Lipinski definition) is 5. The zero-order valence-electron chi connectivity index (χ0n) is 16.9. The van der Waals surface area contributed by atoms with Crippen LogP contribution in [0.2, 0.25) is 0 Å².